The van der Waals surface area contributed by atoms with Gasteiger partial charge in [-0.15, -0.1) is 0 Å². The average Bonchev–Trinajstić information content (AvgIpc) is 3.08. The number of carbonyl (C=O) groups excluding carboxylic acids is 1. The molecule has 1 aromatic rings. The van der Waals surface area contributed by atoms with Crippen LogP contribution < -0.4 is 5.32 Å². The smallest absolute Gasteiger partial charge is 0.242 e. The first kappa shape index (κ1) is 15.3. The normalized spacial score (nSPS) is 17.6. The zero-order valence-corrected chi connectivity index (χ0v) is 13.3. The highest BCUT2D eigenvalue weighted by Crippen LogP contribution is 2.47. The summed E-state index contributed by atoms with van der Waals surface area (Å²) in [5.74, 6) is -0.417. The van der Waals surface area contributed by atoms with Crippen LogP contribution in [0, 0.1) is 0 Å². The molecule has 0 aromatic heterocycles. The van der Waals surface area contributed by atoms with Gasteiger partial charge in [0.2, 0.25) is 5.91 Å². The van der Waals surface area contributed by atoms with Crippen LogP contribution >= 0.6 is 11.6 Å². The number of hydrogen-bond donors (Lipinski definition) is 1. The molecule has 0 heterocycles. The summed E-state index contributed by atoms with van der Waals surface area (Å²) < 4.78 is 24.0. The first-order valence-corrected chi connectivity index (χ1v) is 8.27. The van der Waals surface area contributed by atoms with E-state index in [0.29, 0.717) is 17.9 Å². The lowest BCUT2D eigenvalue weighted by Crippen LogP contribution is -2.49. The summed E-state index contributed by atoms with van der Waals surface area (Å²) in [6.45, 7) is 5.49. The molecule has 6 heteroatoms. The summed E-state index contributed by atoms with van der Waals surface area (Å²) in [6, 6.07) is 5.93. The molecule has 1 aliphatic rings. The van der Waals surface area contributed by atoms with Crippen molar-refractivity contribution < 1.29 is 13.2 Å². The lowest BCUT2D eigenvalue weighted by Gasteiger charge is -2.24. The van der Waals surface area contributed by atoms with Gasteiger partial charge in [0.15, 0.2) is 14.6 Å². The van der Waals surface area contributed by atoms with Crippen LogP contribution in [0.5, 0.6) is 0 Å². The molecule has 0 spiro atoms. The minimum absolute atomic E-state index is 0.142. The fourth-order valence-corrected chi connectivity index (χ4v) is 4.03. The number of carbonyl (C=O) groups is 1. The molecule has 1 fully saturated rings. The Hall–Kier alpha value is -1.07. The molecule has 0 radical (unpaired) electrons. The SMILES string of the molecule is CC(C)(C)NC(=O)C1(S(=O)(=O)c2ccc(Cl)cc2)CC1. The van der Waals surface area contributed by atoms with Crippen LogP contribution in [-0.2, 0) is 14.6 Å². The quantitative estimate of drug-likeness (QED) is 0.932. The highest BCUT2D eigenvalue weighted by molar-refractivity contribution is 7.94. The van der Waals surface area contributed by atoms with Gasteiger partial charge in [0.1, 0.15) is 0 Å². The Morgan fingerprint density at radius 2 is 1.70 bits per heavy atom. The number of rotatable bonds is 3. The van der Waals surface area contributed by atoms with Crippen molar-refractivity contribution in [3.05, 3.63) is 29.3 Å². The van der Waals surface area contributed by atoms with Gasteiger partial charge in [-0.25, -0.2) is 8.42 Å². The number of sulfone groups is 1. The third kappa shape index (κ3) is 2.69. The van der Waals surface area contributed by atoms with Gasteiger partial charge in [0, 0.05) is 10.6 Å². The molecule has 1 amide bonds. The van der Waals surface area contributed by atoms with E-state index < -0.39 is 26.0 Å². The largest absolute Gasteiger partial charge is 0.350 e. The molecule has 0 bridgehead atoms. The second-order valence-electron chi connectivity index (χ2n) is 6.16. The van der Waals surface area contributed by atoms with E-state index in [1.54, 1.807) is 0 Å². The molecule has 0 atom stereocenters. The lowest BCUT2D eigenvalue weighted by atomic mass is 10.1. The zero-order valence-electron chi connectivity index (χ0n) is 11.7. The predicted molar refractivity (Wildman–Crippen MR) is 78.5 cm³/mol. The lowest BCUT2D eigenvalue weighted by molar-refractivity contribution is -0.122. The van der Waals surface area contributed by atoms with Crippen molar-refractivity contribution in [1.29, 1.82) is 0 Å². The fraction of sp³-hybridized carbons (Fsp3) is 0.500. The maximum Gasteiger partial charge on any atom is 0.242 e. The van der Waals surface area contributed by atoms with Crippen LogP contribution in [-0.4, -0.2) is 24.6 Å². The van der Waals surface area contributed by atoms with Crippen molar-refractivity contribution >= 4 is 27.3 Å². The van der Waals surface area contributed by atoms with Crippen LogP contribution in [0.25, 0.3) is 0 Å². The minimum Gasteiger partial charge on any atom is -0.350 e. The van der Waals surface area contributed by atoms with Gasteiger partial charge in [-0.2, -0.15) is 0 Å². The van der Waals surface area contributed by atoms with Crippen LogP contribution in [0.15, 0.2) is 29.2 Å². The molecule has 20 heavy (non-hydrogen) atoms. The number of amides is 1. The van der Waals surface area contributed by atoms with Gasteiger partial charge in [-0.05, 0) is 57.9 Å². The molecule has 0 saturated heterocycles. The Balaban J connectivity index is 2.34. The highest BCUT2D eigenvalue weighted by Gasteiger charge is 2.61. The second kappa shape index (κ2) is 4.74. The summed E-state index contributed by atoms with van der Waals surface area (Å²) >= 11 is 5.77. The number of hydrogen-bond acceptors (Lipinski definition) is 3. The Kier molecular flexibility index (Phi) is 3.63. The Bertz CT molecular complexity index is 625. The molecule has 1 saturated carbocycles. The summed E-state index contributed by atoms with van der Waals surface area (Å²) in [7, 11) is -3.69. The van der Waals surface area contributed by atoms with Crippen LogP contribution in [0.1, 0.15) is 33.6 Å². The van der Waals surface area contributed by atoms with Crippen LogP contribution in [0.4, 0.5) is 0 Å². The third-order valence-corrected chi connectivity index (χ3v) is 6.01. The van der Waals surface area contributed by atoms with Crippen LogP contribution in [0.2, 0.25) is 5.02 Å². The number of benzene rings is 1. The molecular formula is C14H18ClNO3S. The van der Waals surface area contributed by atoms with Crippen molar-refractivity contribution in [2.45, 2.75) is 48.8 Å². The topological polar surface area (TPSA) is 63.2 Å². The van der Waals surface area contributed by atoms with Crippen molar-refractivity contribution in [3.8, 4) is 0 Å². The Labute approximate surface area is 124 Å². The van der Waals surface area contributed by atoms with Gasteiger partial charge < -0.3 is 5.32 Å². The van der Waals surface area contributed by atoms with Crippen molar-refractivity contribution in [2.24, 2.45) is 0 Å². The molecule has 1 aliphatic carbocycles. The molecule has 4 nitrogen and oxygen atoms in total. The second-order valence-corrected chi connectivity index (χ2v) is 8.85. The standard InChI is InChI=1S/C14H18ClNO3S/c1-13(2,3)16-12(17)14(8-9-14)20(18,19)11-6-4-10(15)5-7-11/h4-7H,8-9H2,1-3H3,(H,16,17). The fourth-order valence-electron chi connectivity index (χ4n) is 2.03. The summed E-state index contributed by atoms with van der Waals surface area (Å²) in [5, 5.41) is 3.23. The highest BCUT2D eigenvalue weighted by atomic mass is 35.5. The molecule has 0 aliphatic heterocycles. The zero-order chi connectivity index (χ0) is 15.2. The van der Waals surface area contributed by atoms with Crippen molar-refractivity contribution in [1.82, 2.24) is 5.32 Å². The van der Waals surface area contributed by atoms with E-state index in [9.17, 15) is 13.2 Å². The maximum absolute atomic E-state index is 12.7. The third-order valence-electron chi connectivity index (χ3n) is 3.24. The molecule has 2 rings (SSSR count). The van der Waals surface area contributed by atoms with E-state index in [0.717, 1.165) is 0 Å². The van der Waals surface area contributed by atoms with Crippen LogP contribution in [0.3, 0.4) is 0 Å². The van der Waals surface area contributed by atoms with Crippen molar-refractivity contribution in [2.75, 3.05) is 0 Å². The number of halogens is 1. The van der Waals surface area contributed by atoms with E-state index >= 15 is 0 Å². The maximum atomic E-state index is 12.7. The monoisotopic (exact) mass is 315 g/mol. The van der Waals surface area contributed by atoms with Gasteiger partial charge >= 0.3 is 0 Å². The van der Waals surface area contributed by atoms with Gasteiger partial charge in [0.25, 0.3) is 0 Å². The molecular weight excluding hydrogens is 298 g/mol. The minimum atomic E-state index is -3.69. The Morgan fingerprint density at radius 3 is 2.10 bits per heavy atom. The summed E-state index contributed by atoms with van der Waals surface area (Å²) in [5.41, 5.74) is -0.456. The molecule has 0 unspecified atom stereocenters. The van der Waals surface area contributed by atoms with Crippen molar-refractivity contribution in [3.63, 3.8) is 0 Å². The summed E-state index contributed by atoms with van der Waals surface area (Å²) in [6.07, 6.45) is 0.722. The number of nitrogens with one attached hydrogen (secondary N) is 1. The van der Waals surface area contributed by atoms with E-state index in [1.807, 2.05) is 20.8 Å². The predicted octanol–water partition coefficient (Wildman–Crippen LogP) is 2.56. The molecule has 1 N–H and O–H groups in total. The van der Waals surface area contributed by atoms with E-state index in [4.69, 9.17) is 11.6 Å². The average molecular weight is 316 g/mol. The van der Waals surface area contributed by atoms with Gasteiger partial charge in [-0.1, -0.05) is 11.6 Å². The van der Waals surface area contributed by atoms with Gasteiger partial charge in [-0.3, -0.25) is 4.79 Å². The van der Waals surface area contributed by atoms with E-state index in [-0.39, 0.29) is 4.90 Å². The van der Waals surface area contributed by atoms with E-state index in [1.165, 1.54) is 24.3 Å². The van der Waals surface area contributed by atoms with E-state index in [2.05, 4.69) is 5.32 Å². The molecule has 110 valence electrons. The molecule has 1 aromatic carbocycles. The Morgan fingerprint density at radius 1 is 1.20 bits per heavy atom. The first-order chi connectivity index (χ1) is 9.08. The van der Waals surface area contributed by atoms with Gasteiger partial charge in [0.05, 0.1) is 4.90 Å². The first-order valence-electron chi connectivity index (χ1n) is 6.41. The summed E-state index contributed by atoms with van der Waals surface area (Å²) in [4.78, 5) is 12.5.